The van der Waals surface area contributed by atoms with Crippen LogP contribution < -0.4 is 4.74 Å². The van der Waals surface area contributed by atoms with E-state index in [-0.39, 0.29) is 22.1 Å². The number of hydrogen-bond acceptors (Lipinski definition) is 4. The molecule has 2 aromatic rings. The summed E-state index contributed by atoms with van der Waals surface area (Å²) in [5, 5.41) is 10.6. The summed E-state index contributed by atoms with van der Waals surface area (Å²) in [5.41, 5.74) is -0.250. The van der Waals surface area contributed by atoms with Crippen molar-refractivity contribution in [2.45, 2.75) is 0 Å². The molecule has 0 radical (unpaired) electrons. The number of nitro benzene ring substituents is 1. The maximum atomic E-state index is 13.7. The summed E-state index contributed by atoms with van der Waals surface area (Å²) in [6.45, 7) is 0. The molecule has 0 amide bonds. The number of carbonyl (C=O) groups is 1. The van der Waals surface area contributed by atoms with Crippen LogP contribution in [0.1, 0.15) is 10.4 Å². The molecule has 0 saturated carbocycles. The van der Waals surface area contributed by atoms with Crippen molar-refractivity contribution in [2.24, 2.45) is 0 Å². The second kappa shape index (κ2) is 5.66. The first kappa shape index (κ1) is 14.0. The standard InChI is InChI=1S/C13H7ClFNO4/c14-10-3-1-2-8(7-17)13(10)20-12-5-4-9(16(18)19)6-11(12)15/h1-7H. The van der Waals surface area contributed by atoms with Gasteiger partial charge < -0.3 is 4.74 Å². The lowest BCUT2D eigenvalue weighted by Gasteiger charge is -2.10. The maximum Gasteiger partial charge on any atom is 0.272 e. The smallest absolute Gasteiger partial charge is 0.272 e. The lowest BCUT2D eigenvalue weighted by atomic mass is 10.2. The van der Waals surface area contributed by atoms with Gasteiger partial charge in [-0.2, -0.15) is 0 Å². The number of non-ortho nitro benzene ring substituents is 1. The summed E-state index contributed by atoms with van der Waals surface area (Å²) in [4.78, 5) is 20.7. The van der Waals surface area contributed by atoms with E-state index in [9.17, 15) is 19.3 Å². The van der Waals surface area contributed by atoms with Gasteiger partial charge in [-0.25, -0.2) is 4.39 Å². The van der Waals surface area contributed by atoms with Crippen LogP contribution in [0.4, 0.5) is 10.1 Å². The van der Waals surface area contributed by atoms with Gasteiger partial charge in [-0.15, -0.1) is 0 Å². The van der Waals surface area contributed by atoms with Crippen molar-refractivity contribution in [3.8, 4) is 11.5 Å². The van der Waals surface area contributed by atoms with Gasteiger partial charge in [0, 0.05) is 6.07 Å². The van der Waals surface area contributed by atoms with Crippen LogP contribution in [0.2, 0.25) is 5.02 Å². The predicted molar refractivity (Wildman–Crippen MR) is 70.0 cm³/mol. The summed E-state index contributed by atoms with van der Waals surface area (Å²) in [5.74, 6) is -1.18. The van der Waals surface area contributed by atoms with Crippen LogP contribution in [0.15, 0.2) is 36.4 Å². The molecule has 2 aromatic carbocycles. The Morgan fingerprint density at radius 2 is 2.05 bits per heavy atom. The fourth-order valence-corrected chi connectivity index (χ4v) is 1.74. The Bertz CT molecular complexity index is 690. The Hall–Kier alpha value is -2.47. The largest absolute Gasteiger partial charge is 0.452 e. The first-order chi connectivity index (χ1) is 9.52. The topological polar surface area (TPSA) is 69.4 Å². The van der Waals surface area contributed by atoms with Crippen molar-refractivity contribution in [3.05, 3.63) is 62.9 Å². The molecule has 2 rings (SSSR count). The molecule has 0 N–H and O–H groups in total. The number of rotatable bonds is 4. The lowest BCUT2D eigenvalue weighted by Crippen LogP contribution is -1.95. The van der Waals surface area contributed by atoms with Gasteiger partial charge in [0.1, 0.15) is 0 Å². The quantitative estimate of drug-likeness (QED) is 0.486. The molecular weight excluding hydrogens is 289 g/mol. The molecule has 0 heterocycles. The maximum absolute atomic E-state index is 13.7. The van der Waals surface area contributed by atoms with Crippen molar-refractivity contribution in [3.63, 3.8) is 0 Å². The highest BCUT2D eigenvalue weighted by molar-refractivity contribution is 6.32. The molecule has 20 heavy (non-hydrogen) atoms. The number of halogens is 2. The van der Waals surface area contributed by atoms with Crippen molar-refractivity contribution in [1.82, 2.24) is 0 Å². The zero-order valence-corrected chi connectivity index (χ0v) is 10.6. The SMILES string of the molecule is O=Cc1cccc(Cl)c1Oc1ccc([N+](=O)[O-])cc1F. The number of aldehydes is 1. The molecule has 7 heteroatoms. The van der Waals surface area contributed by atoms with Gasteiger partial charge in [-0.1, -0.05) is 17.7 Å². The highest BCUT2D eigenvalue weighted by Gasteiger charge is 2.15. The van der Waals surface area contributed by atoms with Crippen LogP contribution in [-0.4, -0.2) is 11.2 Å². The molecule has 0 aliphatic carbocycles. The monoisotopic (exact) mass is 295 g/mol. The molecule has 0 aliphatic rings. The highest BCUT2D eigenvalue weighted by Crippen LogP contribution is 2.34. The first-order valence-corrected chi connectivity index (χ1v) is 5.76. The number of nitro groups is 1. The Labute approximate surface area is 117 Å². The number of nitrogens with zero attached hydrogens (tertiary/aromatic N) is 1. The number of benzene rings is 2. The second-order valence-electron chi connectivity index (χ2n) is 3.75. The van der Waals surface area contributed by atoms with Crippen LogP contribution >= 0.6 is 11.6 Å². The van der Waals surface area contributed by atoms with Gasteiger partial charge in [0.15, 0.2) is 23.6 Å². The minimum Gasteiger partial charge on any atom is -0.452 e. The minimum absolute atomic E-state index is 0.00285. The van der Waals surface area contributed by atoms with Crippen molar-refractivity contribution in [2.75, 3.05) is 0 Å². The van der Waals surface area contributed by atoms with Gasteiger partial charge in [-0.05, 0) is 18.2 Å². The second-order valence-corrected chi connectivity index (χ2v) is 4.16. The summed E-state index contributed by atoms with van der Waals surface area (Å²) in [7, 11) is 0. The van der Waals surface area contributed by atoms with Crippen LogP contribution in [0, 0.1) is 15.9 Å². The van der Waals surface area contributed by atoms with E-state index in [2.05, 4.69) is 0 Å². The van der Waals surface area contributed by atoms with Crippen molar-refractivity contribution < 1.29 is 18.8 Å². The first-order valence-electron chi connectivity index (χ1n) is 5.38. The van der Waals surface area contributed by atoms with Crippen LogP contribution in [0.25, 0.3) is 0 Å². The summed E-state index contributed by atoms with van der Waals surface area (Å²) >= 11 is 5.88. The number of para-hydroxylation sites is 1. The third-order valence-electron chi connectivity index (χ3n) is 2.46. The predicted octanol–water partition coefficient (Wildman–Crippen LogP) is 3.99. The molecule has 0 fully saturated rings. The third-order valence-corrected chi connectivity index (χ3v) is 2.76. The van der Waals surface area contributed by atoms with E-state index < -0.39 is 16.4 Å². The Kier molecular flexibility index (Phi) is 3.95. The normalized spacial score (nSPS) is 10.1. The molecule has 5 nitrogen and oxygen atoms in total. The lowest BCUT2D eigenvalue weighted by molar-refractivity contribution is -0.385. The molecule has 0 atom stereocenters. The van der Waals surface area contributed by atoms with Crippen LogP contribution in [0.5, 0.6) is 11.5 Å². The van der Waals surface area contributed by atoms with Crippen LogP contribution in [0.3, 0.4) is 0 Å². The fraction of sp³-hybridized carbons (Fsp3) is 0. The van der Waals surface area contributed by atoms with Gasteiger partial charge in [0.25, 0.3) is 5.69 Å². The molecular formula is C13H7ClFNO4. The van der Waals surface area contributed by atoms with E-state index in [4.69, 9.17) is 16.3 Å². The molecule has 0 unspecified atom stereocenters. The fourth-order valence-electron chi connectivity index (χ4n) is 1.52. The Morgan fingerprint density at radius 1 is 1.30 bits per heavy atom. The molecule has 0 bridgehead atoms. The van der Waals surface area contributed by atoms with E-state index in [0.29, 0.717) is 6.29 Å². The summed E-state index contributed by atoms with van der Waals surface area (Å²) in [6, 6.07) is 7.41. The zero-order valence-electron chi connectivity index (χ0n) is 9.88. The van der Waals surface area contributed by atoms with E-state index in [1.807, 2.05) is 0 Å². The highest BCUT2D eigenvalue weighted by atomic mass is 35.5. The molecule has 0 aliphatic heterocycles. The van der Waals surface area contributed by atoms with Gasteiger partial charge in [0.2, 0.25) is 0 Å². The van der Waals surface area contributed by atoms with E-state index in [0.717, 1.165) is 18.2 Å². The van der Waals surface area contributed by atoms with Crippen molar-refractivity contribution in [1.29, 1.82) is 0 Å². The Morgan fingerprint density at radius 3 is 2.65 bits per heavy atom. The Balaban J connectivity index is 2.40. The zero-order chi connectivity index (χ0) is 14.7. The van der Waals surface area contributed by atoms with Gasteiger partial charge >= 0.3 is 0 Å². The van der Waals surface area contributed by atoms with E-state index >= 15 is 0 Å². The molecule has 0 spiro atoms. The molecule has 0 aromatic heterocycles. The average Bonchev–Trinajstić information content (AvgIpc) is 2.42. The number of ether oxygens (including phenoxy) is 1. The van der Waals surface area contributed by atoms with E-state index in [1.165, 1.54) is 12.1 Å². The van der Waals surface area contributed by atoms with Crippen molar-refractivity contribution >= 4 is 23.6 Å². The molecule has 102 valence electrons. The van der Waals surface area contributed by atoms with E-state index in [1.54, 1.807) is 6.07 Å². The third kappa shape index (κ3) is 2.75. The minimum atomic E-state index is -0.920. The number of carbonyl (C=O) groups excluding carboxylic acids is 1. The van der Waals surface area contributed by atoms with Crippen LogP contribution in [-0.2, 0) is 0 Å². The summed E-state index contributed by atoms with van der Waals surface area (Å²) < 4.78 is 18.9. The van der Waals surface area contributed by atoms with Gasteiger partial charge in [-0.3, -0.25) is 14.9 Å². The molecule has 0 saturated heterocycles. The summed E-state index contributed by atoms with van der Waals surface area (Å²) in [6.07, 6.45) is 0.518. The average molecular weight is 296 g/mol. The van der Waals surface area contributed by atoms with Gasteiger partial charge in [0.05, 0.1) is 21.6 Å². The number of hydrogen-bond donors (Lipinski definition) is 0.